The fourth-order valence-corrected chi connectivity index (χ4v) is 3.58. The summed E-state index contributed by atoms with van der Waals surface area (Å²) in [5, 5.41) is 12.7. The summed E-state index contributed by atoms with van der Waals surface area (Å²) in [4.78, 5) is 13.2. The average molecular weight is 296 g/mol. The van der Waals surface area contributed by atoms with Crippen LogP contribution in [0.2, 0.25) is 0 Å². The summed E-state index contributed by atoms with van der Waals surface area (Å²) in [6.07, 6.45) is 7.51. The number of ether oxygens (including phenoxy) is 1. The highest BCUT2D eigenvalue weighted by atomic mass is 16.5. The van der Waals surface area contributed by atoms with Crippen molar-refractivity contribution in [1.82, 2.24) is 10.2 Å². The zero-order valence-corrected chi connectivity index (χ0v) is 13.0. The van der Waals surface area contributed by atoms with Crippen molar-refractivity contribution in [1.29, 1.82) is 0 Å². The Bertz CT molecular complexity index is 361. The molecule has 5 nitrogen and oxygen atoms in total. The van der Waals surface area contributed by atoms with Crippen molar-refractivity contribution >= 4 is 5.97 Å². The van der Waals surface area contributed by atoms with Crippen LogP contribution in [0, 0.1) is 5.92 Å². The molecule has 120 valence electrons. The van der Waals surface area contributed by atoms with E-state index in [1.54, 1.807) is 0 Å². The van der Waals surface area contributed by atoms with Gasteiger partial charge in [0.2, 0.25) is 0 Å². The van der Waals surface area contributed by atoms with Gasteiger partial charge in [-0.2, -0.15) is 0 Å². The molecule has 0 aliphatic heterocycles. The molecule has 0 bridgehead atoms. The van der Waals surface area contributed by atoms with Crippen LogP contribution < -0.4 is 5.32 Å². The van der Waals surface area contributed by atoms with Crippen molar-refractivity contribution in [3.63, 3.8) is 0 Å². The first-order chi connectivity index (χ1) is 10.1. The van der Waals surface area contributed by atoms with Gasteiger partial charge in [-0.15, -0.1) is 0 Å². The maximum absolute atomic E-state index is 11.0. The highest BCUT2D eigenvalue weighted by molar-refractivity contribution is 5.69. The molecule has 3 fully saturated rings. The van der Waals surface area contributed by atoms with Crippen LogP contribution in [0.3, 0.4) is 0 Å². The SMILES string of the molecule is CCOC1CC(NC2CC(N(CC(=O)O)CC3CC3)C2)C1. The van der Waals surface area contributed by atoms with Crippen molar-refractivity contribution < 1.29 is 14.6 Å². The van der Waals surface area contributed by atoms with E-state index < -0.39 is 5.97 Å². The van der Waals surface area contributed by atoms with Crippen LogP contribution in [0.25, 0.3) is 0 Å². The zero-order chi connectivity index (χ0) is 14.8. The van der Waals surface area contributed by atoms with Gasteiger partial charge >= 0.3 is 5.97 Å². The molecule has 2 N–H and O–H groups in total. The smallest absolute Gasteiger partial charge is 0.317 e. The van der Waals surface area contributed by atoms with Gasteiger partial charge in [-0.1, -0.05) is 0 Å². The molecular weight excluding hydrogens is 268 g/mol. The van der Waals surface area contributed by atoms with E-state index in [-0.39, 0.29) is 6.54 Å². The summed E-state index contributed by atoms with van der Waals surface area (Å²) in [7, 11) is 0. The van der Waals surface area contributed by atoms with Gasteiger partial charge in [0.15, 0.2) is 0 Å². The lowest BCUT2D eigenvalue weighted by molar-refractivity contribution is -0.139. The lowest BCUT2D eigenvalue weighted by atomic mass is 9.81. The molecule has 3 aliphatic rings. The minimum atomic E-state index is -0.689. The van der Waals surface area contributed by atoms with E-state index in [1.165, 1.54) is 12.8 Å². The second-order valence-corrected chi connectivity index (χ2v) is 7.00. The first-order valence-electron chi connectivity index (χ1n) is 8.47. The molecule has 21 heavy (non-hydrogen) atoms. The molecule has 0 amide bonds. The van der Waals surface area contributed by atoms with Gasteiger partial charge in [-0.3, -0.25) is 9.69 Å². The largest absolute Gasteiger partial charge is 0.480 e. The van der Waals surface area contributed by atoms with Crippen LogP contribution in [-0.2, 0) is 9.53 Å². The van der Waals surface area contributed by atoms with Crippen LogP contribution in [0.15, 0.2) is 0 Å². The van der Waals surface area contributed by atoms with E-state index in [2.05, 4.69) is 10.2 Å². The van der Waals surface area contributed by atoms with Crippen LogP contribution in [0.5, 0.6) is 0 Å². The molecule has 3 aliphatic carbocycles. The molecule has 0 aromatic carbocycles. The third-order valence-corrected chi connectivity index (χ3v) is 5.13. The Morgan fingerprint density at radius 1 is 1.24 bits per heavy atom. The van der Waals surface area contributed by atoms with E-state index >= 15 is 0 Å². The fourth-order valence-electron chi connectivity index (χ4n) is 3.58. The van der Waals surface area contributed by atoms with Gasteiger partial charge in [0.1, 0.15) is 0 Å². The normalized spacial score (nSPS) is 35.3. The summed E-state index contributed by atoms with van der Waals surface area (Å²) in [5.74, 6) is 0.0700. The maximum atomic E-state index is 11.0. The molecule has 0 aromatic rings. The summed E-state index contributed by atoms with van der Waals surface area (Å²) in [6, 6.07) is 1.67. The molecule has 0 radical (unpaired) electrons. The number of hydrogen-bond donors (Lipinski definition) is 2. The number of aliphatic carboxylic acids is 1. The van der Waals surface area contributed by atoms with Gasteiger partial charge in [-0.25, -0.2) is 0 Å². The summed E-state index contributed by atoms with van der Waals surface area (Å²) < 4.78 is 5.58. The Morgan fingerprint density at radius 2 is 1.90 bits per heavy atom. The second-order valence-electron chi connectivity index (χ2n) is 7.00. The Hall–Kier alpha value is -0.650. The van der Waals surface area contributed by atoms with Gasteiger partial charge in [0.25, 0.3) is 0 Å². The molecular formula is C16H28N2O3. The molecule has 0 spiro atoms. The van der Waals surface area contributed by atoms with Crippen molar-refractivity contribution in [2.24, 2.45) is 5.92 Å². The number of rotatable bonds is 9. The third-order valence-electron chi connectivity index (χ3n) is 5.13. The number of carboxylic acid groups (broad SMARTS) is 1. The lowest BCUT2D eigenvalue weighted by Crippen LogP contribution is -2.58. The fraction of sp³-hybridized carbons (Fsp3) is 0.938. The molecule has 0 unspecified atom stereocenters. The highest BCUT2D eigenvalue weighted by Crippen LogP contribution is 2.34. The summed E-state index contributed by atoms with van der Waals surface area (Å²) in [6.45, 7) is 4.06. The summed E-state index contributed by atoms with van der Waals surface area (Å²) in [5.41, 5.74) is 0. The van der Waals surface area contributed by atoms with Crippen LogP contribution in [-0.4, -0.2) is 59.9 Å². The quantitative estimate of drug-likeness (QED) is 0.675. The predicted octanol–water partition coefficient (Wildman–Crippen LogP) is 1.47. The number of nitrogens with zero attached hydrogens (tertiary/aromatic N) is 1. The number of hydrogen-bond acceptors (Lipinski definition) is 4. The Balaban J connectivity index is 1.34. The molecule has 0 heterocycles. The molecule has 3 rings (SSSR count). The number of nitrogens with one attached hydrogen (secondary N) is 1. The standard InChI is InChI=1S/C16H28N2O3/c1-2-21-15-7-13(8-15)17-12-5-14(6-12)18(10-16(19)20)9-11-3-4-11/h11-15,17H,2-10H2,1H3,(H,19,20). The monoisotopic (exact) mass is 296 g/mol. The molecule has 0 atom stereocenters. The third kappa shape index (κ3) is 4.18. The van der Waals surface area contributed by atoms with Crippen molar-refractivity contribution in [2.75, 3.05) is 19.7 Å². The second kappa shape index (κ2) is 6.63. The van der Waals surface area contributed by atoms with Crippen LogP contribution in [0.1, 0.15) is 45.4 Å². The minimum Gasteiger partial charge on any atom is -0.480 e. The minimum absolute atomic E-state index is 0.212. The zero-order valence-electron chi connectivity index (χ0n) is 13.0. The topological polar surface area (TPSA) is 61.8 Å². The van der Waals surface area contributed by atoms with Gasteiger partial charge < -0.3 is 15.2 Å². The van der Waals surface area contributed by atoms with E-state index in [4.69, 9.17) is 9.84 Å². The van der Waals surface area contributed by atoms with Crippen molar-refractivity contribution in [2.45, 2.75) is 69.7 Å². The molecule has 3 saturated carbocycles. The Morgan fingerprint density at radius 3 is 2.48 bits per heavy atom. The number of carbonyl (C=O) groups is 1. The highest BCUT2D eigenvalue weighted by Gasteiger charge is 2.39. The summed E-state index contributed by atoms with van der Waals surface area (Å²) >= 11 is 0. The van der Waals surface area contributed by atoms with E-state index in [1.807, 2.05) is 6.92 Å². The first kappa shape index (κ1) is 15.3. The van der Waals surface area contributed by atoms with Gasteiger partial charge in [0.05, 0.1) is 12.6 Å². The van der Waals surface area contributed by atoms with Crippen molar-refractivity contribution in [3.8, 4) is 0 Å². The Kier molecular flexibility index (Phi) is 4.82. The average Bonchev–Trinajstić information content (AvgIpc) is 3.11. The van der Waals surface area contributed by atoms with Gasteiger partial charge in [-0.05, 0) is 51.4 Å². The molecule has 0 saturated heterocycles. The Labute approximate surface area is 127 Å². The first-order valence-corrected chi connectivity index (χ1v) is 8.47. The van der Waals surface area contributed by atoms with Crippen LogP contribution in [0.4, 0.5) is 0 Å². The molecule has 0 aromatic heterocycles. The predicted molar refractivity (Wildman–Crippen MR) is 80.3 cm³/mol. The molecule has 5 heteroatoms. The van der Waals surface area contributed by atoms with Gasteiger partial charge in [0, 0.05) is 31.3 Å². The van der Waals surface area contributed by atoms with Crippen molar-refractivity contribution in [3.05, 3.63) is 0 Å². The lowest BCUT2D eigenvalue weighted by Gasteiger charge is -2.46. The van der Waals surface area contributed by atoms with E-state index in [0.717, 1.165) is 44.8 Å². The number of carboxylic acids is 1. The maximum Gasteiger partial charge on any atom is 0.317 e. The van der Waals surface area contributed by atoms with E-state index in [9.17, 15) is 4.79 Å². The van der Waals surface area contributed by atoms with Crippen LogP contribution >= 0.6 is 0 Å². The van der Waals surface area contributed by atoms with E-state index in [0.29, 0.717) is 24.2 Å².